The van der Waals surface area contributed by atoms with E-state index in [2.05, 4.69) is 43.7 Å². The molecule has 0 amide bonds. The summed E-state index contributed by atoms with van der Waals surface area (Å²) >= 11 is 0. The Morgan fingerprint density at radius 2 is 1.16 bits per heavy atom. The molecule has 0 heterocycles. The molecule has 1 N–H and O–H groups in total. The van der Waals surface area contributed by atoms with Gasteiger partial charge in [-0.15, -0.1) is 12.1 Å². The van der Waals surface area contributed by atoms with Crippen molar-refractivity contribution in [2.75, 3.05) is 0 Å². The SMILES string of the molecule is Cc1cc(C)cc(C)c1.[Cl-].[NH-][C@H](c1ccccc1)[C@H]([N-]S(=O)(=O)c1cccc(F)c1)c1ccccc1.[Ru+3]. The van der Waals surface area contributed by atoms with E-state index in [1.165, 1.54) is 34.9 Å². The van der Waals surface area contributed by atoms with Crippen molar-refractivity contribution in [2.24, 2.45) is 0 Å². The van der Waals surface area contributed by atoms with Crippen molar-refractivity contribution in [3.63, 3.8) is 0 Å². The monoisotopic (exact) mass is 625 g/mol. The van der Waals surface area contributed by atoms with E-state index in [4.69, 9.17) is 5.73 Å². The molecule has 2 atom stereocenters. The molecule has 0 fully saturated rings. The van der Waals surface area contributed by atoms with Crippen molar-refractivity contribution in [1.82, 2.24) is 0 Å². The molecule has 0 aliphatic carbocycles. The summed E-state index contributed by atoms with van der Waals surface area (Å²) in [6.07, 6.45) is 0. The third kappa shape index (κ3) is 9.77. The zero-order chi connectivity index (χ0) is 25.4. The van der Waals surface area contributed by atoms with Crippen LogP contribution in [0.4, 0.5) is 4.39 Å². The molecule has 4 aromatic carbocycles. The minimum absolute atomic E-state index is 0. The predicted molar refractivity (Wildman–Crippen MR) is 140 cm³/mol. The average molecular weight is 625 g/mol. The summed E-state index contributed by atoms with van der Waals surface area (Å²) in [5.74, 6) is -0.650. The van der Waals surface area contributed by atoms with E-state index in [0.717, 1.165) is 6.07 Å². The van der Waals surface area contributed by atoms with Gasteiger partial charge in [0.2, 0.25) is 0 Å². The molecule has 0 aliphatic heterocycles. The van der Waals surface area contributed by atoms with Gasteiger partial charge in [0.1, 0.15) is 15.8 Å². The number of nitrogens with zero attached hydrogens (tertiary/aromatic N) is 1. The van der Waals surface area contributed by atoms with E-state index >= 15 is 0 Å². The molecule has 0 bridgehead atoms. The van der Waals surface area contributed by atoms with Crippen molar-refractivity contribution in [3.05, 3.63) is 147 Å². The van der Waals surface area contributed by atoms with Crippen molar-refractivity contribution in [1.29, 1.82) is 0 Å². The third-order valence-electron chi connectivity index (χ3n) is 5.33. The van der Waals surface area contributed by atoms with Crippen LogP contribution < -0.4 is 12.4 Å². The predicted octanol–water partition coefficient (Wildman–Crippen LogP) is 5.04. The summed E-state index contributed by atoms with van der Waals surface area (Å²) < 4.78 is 42.8. The molecule has 4 rings (SSSR count). The first-order valence-corrected chi connectivity index (χ1v) is 12.7. The molecule has 0 saturated heterocycles. The Morgan fingerprint density at radius 1 is 0.703 bits per heavy atom. The molecule has 0 aromatic heterocycles. The summed E-state index contributed by atoms with van der Waals surface area (Å²) in [5.41, 5.74) is 13.9. The van der Waals surface area contributed by atoms with Crippen molar-refractivity contribution >= 4 is 10.0 Å². The van der Waals surface area contributed by atoms with Gasteiger partial charge in [0, 0.05) is 0 Å². The number of hydrogen-bond donors (Lipinski definition) is 0. The van der Waals surface area contributed by atoms with E-state index in [9.17, 15) is 12.8 Å². The Balaban J connectivity index is 0.000000530. The van der Waals surface area contributed by atoms with Gasteiger partial charge in [0.25, 0.3) is 0 Å². The molecule has 4 aromatic rings. The maximum Gasteiger partial charge on any atom is 3.00 e. The number of nitrogens with one attached hydrogen (secondary N) is 1. The number of sulfonamides is 1. The molecule has 4 nitrogen and oxygen atoms in total. The van der Waals surface area contributed by atoms with Crippen LogP contribution in [0.2, 0.25) is 0 Å². The fourth-order valence-corrected chi connectivity index (χ4v) is 5.02. The van der Waals surface area contributed by atoms with Crippen LogP contribution in [0.15, 0.2) is 108 Å². The quantitative estimate of drug-likeness (QED) is 0.282. The van der Waals surface area contributed by atoms with Gasteiger partial charge in [0.15, 0.2) is 0 Å². The Bertz CT molecular complexity index is 1310. The second kappa shape index (κ2) is 15.1. The standard InChI is InChI=1S/C20H17FN2O2S.C9H12.ClH.Ru/c21-17-12-7-13-18(14-17)26(24,25)23-20(16-10-5-2-6-11-16)19(22)15-8-3-1-4-9-15;1-7-4-8(2)6-9(3)5-7;;/h1-14,19-20,22H;4-6H,1-3H3;1H;/q-2;;;+3/p-1/t19-,20-;;;/m1.../s1. The molecule has 0 spiro atoms. The summed E-state index contributed by atoms with van der Waals surface area (Å²) in [6.45, 7) is 6.38. The molecule has 0 unspecified atom stereocenters. The minimum Gasteiger partial charge on any atom is -1.00 e. The van der Waals surface area contributed by atoms with E-state index in [1.54, 1.807) is 48.5 Å². The first-order valence-electron chi connectivity index (χ1n) is 11.2. The summed E-state index contributed by atoms with van der Waals surface area (Å²) in [6, 6.07) is 27.2. The van der Waals surface area contributed by atoms with Crippen LogP contribution in [0.1, 0.15) is 39.9 Å². The van der Waals surface area contributed by atoms with Crippen molar-refractivity contribution in [2.45, 2.75) is 37.8 Å². The molecule has 1 radical (unpaired) electrons. The molecule has 37 heavy (non-hydrogen) atoms. The van der Waals surface area contributed by atoms with Gasteiger partial charge in [-0.05, 0) is 39.0 Å². The largest absolute Gasteiger partial charge is 3.00 e. The smallest absolute Gasteiger partial charge is 1.00 e. The zero-order valence-corrected chi connectivity index (χ0v) is 24.1. The van der Waals surface area contributed by atoms with Crippen LogP contribution in [-0.2, 0) is 29.5 Å². The number of aryl methyl sites for hydroxylation is 3. The normalized spacial score (nSPS) is 12.1. The van der Waals surface area contributed by atoms with Crippen LogP contribution in [0.25, 0.3) is 10.5 Å². The Morgan fingerprint density at radius 3 is 1.62 bits per heavy atom. The number of rotatable bonds is 6. The van der Waals surface area contributed by atoms with E-state index in [1.807, 2.05) is 12.1 Å². The van der Waals surface area contributed by atoms with Crippen LogP contribution in [0, 0.1) is 26.6 Å². The van der Waals surface area contributed by atoms with Gasteiger partial charge >= 0.3 is 19.5 Å². The number of hydrogen-bond acceptors (Lipinski definition) is 2. The Kier molecular flexibility index (Phi) is 13.3. The molecule has 195 valence electrons. The first-order chi connectivity index (χ1) is 16.7. The van der Waals surface area contributed by atoms with Gasteiger partial charge < -0.3 is 22.9 Å². The molecule has 8 heteroatoms. The Hall–Kier alpha value is -2.41. The second-order valence-corrected chi connectivity index (χ2v) is 10.1. The number of halogens is 2. The van der Waals surface area contributed by atoms with Crippen LogP contribution in [0.5, 0.6) is 0 Å². The van der Waals surface area contributed by atoms with Crippen LogP contribution in [-0.4, -0.2) is 8.42 Å². The summed E-state index contributed by atoms with van der Waals surface area (Å²) in [5, 5.41) is 0. The summed E-state index contributed by atoms with van der Waals surface area (Å²) in [4.78, 5) is -0.223. The van der Waals surface area contributed by atoms with Gasteiger partial charge in [-0.1, -0.05) is 113 Å². The average Bonchev–Trinajstić information content (AvgIpc) is 2.83. The second-order valence-electron chi connectivity index (χ2n) is 8.45. The molecular weight excluding hydrogens is 596 g/mol. The van der Waals surface area contributed by atoms with Gasteiger partial charge in [-0.3, -0.25) is 0 Å². The Labute approximate surface area is 238 Å². The minimum atomic E-state index is -4.12. The molecule has 0 saturated carbocycles. The topological polar surface area (TPSA) is 72.0 Å². The fourth-order valence-electron chi connectivity index (χ4n) is 3.85. The van der Waals surface area contributed by atoms with Crippen LogP contribution >= 0.6 is 0 Å². The maximum absolute atomic E-state index is 13.4. The van der Waals surface area contributed by atoms with Gasteiger partial charge in [0.05, 0.1) is 4.90 Å². The van der Waals surface area contributed by atoms with E-state index in [0.29, 0.717) is 11.1 Å². The summed E-state index contributed by atoms with van der Waals surface area (Å²) in [7, 11) is -4.12. The number of benzene rings is 4. The van der Waals surface area contributed by atoms with E-state index in [-0.39, 0.29) is 36.8 Å². The fraction of sp³-hybridized carbons (Fsp3) is 0.172. The molecular formula is C29H29ClFN2O2RuS. The maximum atomic E-state index is 13.4. The van der Waals surface area contributed by atoms with Crippen LogP contribution in [0.3, 0.4) is 0 Å². The zero-order valence-electron chi connectivity index (χ0n) is 20.8. The third-order valence-corrected chi connectivity index (χ3v) is 6.68. The molecule has 0 aliphatic rings. The van der Waals surface area contributed by atoms with Crippen molar-refractivity contribution < 1.29 is 44.7 Å². The first kappa shape index (κ1) is 32.6. The van der Waals surface area contributed by atoms with Gasteiger partial charge in [-0.2, -0.15) is 0 Å². The van der Waals surface area contributed by atoms with Gasteiger partial charge in [-0.25, -0.2) is 12.8 Å². The van der Waals surface area contributed by atoms with E-state index < -0.39 is 27.9 Å². The van der Waals surface area contributed by atoms with Crippen molar-refractivity contribution in [3.8, 4) is 0 Å².